The number of thioether (sulfide) groups is 1. The molecule has 0 aliphatic heterocycles. The number of carbonyl (C=O) groups excluding carboxylic acids is 1. The van der Waals surface area contributed by atoms with Crippen molar-refractivity contribution in [3.05, 3.63) is 55.4 Å². The largest absolute Gasteiger partial charge is 0.332 e. The Hall–Kier alpha value is -2.65. The summed E-state index contributed by atoms with van der Waals surface area (Å²) in [4.78, 5) is 45.6. The summed E-state index contributed by atoms with van der Waals surface area (Å²) >= 11 is 7.19. The first-order valence-corrected chi connectivity index (χ1v) is 9.68. The van der Waals surface area contributed by atoms with Gasteiger partial charge in [0, 0.05) is 24.8 Å². The summed E-state index contributed by atoms with van der Waals surface area (Å²) in [7, 11) is 2.94. The SMILES string of the molecule is Cc1nc(SCC(=O)Nc2ccc(C)c(Cl)c2)c2c(=O)n(C)c(=O)n(C)c2n1. The van der Waals surface area contributed by atoms with Gasteiger partial charge >= 0.3 is 5.69 Å². The van der Waals surface area contributed by atoms with Crippen molar-refractivity contribution in [3.8, 4) is 0 Å². The van der Waals surface area contributed by atoms with Crippen molar-refractivity contribution < 1.29 is 4.79 Å². The van der Waals surface area contributed by atoms with Crippen molar-refractivity contribution in [1.82, 2.24) is 19.1 Å². The molecule has 0 fully saturated rings. The molecular weight excluding hydrogens is 402 g/mol. The molecule has 2 heterocycles. The van der Waals surface area contributed by atoms with Crippen molar-refractivity contribution in [2.75, 3.05) is 11.1 Å². The predicted octanol–water partition coefficient (Wildman–Crippen LogP) is 2.03. The lowest BCUT2D eigenvalue weighted by molar-refractivity contribution is -0.113. The molecule has 0 unspecified atom stereocenters. The third-order valence-electron chi connectivity index (χ3n) is 4.17. The molecule has 8 nitrogen and oxygen atoms in total. The summed E-state index contributed by atoms with van der Waals surface area (Å²) in [6.45, 7) is 3.54. The van der Waals surface area contributed by atoms with Crippen LogP contribution in [0, 0.1) is 13.8 Å². The fourth-order valence-corrected chi connectivity index (χ4v) is 3.68. The molecule has 0 saturated heterocycles. The standard InChI is InChI=1S/C18H18ClN5O3S/c1-9-5-6-11(7-12(9)19)22-13(25)8-28-16-14-15(20-10(2)21-16)23(3)18(27)24(4)17(14)26/h5-7H,8H2,1-4H3,(H,22,25). The minimum absolute atomic E-state index is 0.0308. The molecule has 0 aliphatic rings. The smallest absolute Gasteiger partial charge is 0.325 e. The van der Waals surface area contributed by atoms with Crippen LogP contribution in [0.2, 0.25) is 5.02 Å². The number of halogens is 1. The lowest BCUT2D eigenvalue weighted by Gasteiger charge is -2.11. The van der Waals surface area contributed by atoms with Gasteiger partial charge in [0.05, 0.1) is 5.75 Å². The zero-order valence-electron chi connectivity index (χ0n) is 15.7. The van der Waals surface area contributed by atoms with E-state index in [2.05, 4.69) is 15.3 Å². The van der Waals surface area contributed by atoms with Crippen LogP contribution in [0.15, 0.2) is 32.8 Å². The summed E-state index contributed by atoms with van der Waals surface area (Å²) in [5.74, 6) is 0.170. The molecule has 0 saturated carbocycles. The molecule has 146 valence electrons. The molecule has 0 radical (unpaired) electrons. The summed E-state index contributed by atoms with van der Waals surface area (Å²) < 4.78 is 2.29. The van der Waals surface area contributed by atoms with Crippen LogP contribution >= 0.6 is 23.4 Å². The van der Waals surface area contributed by atoms with E-state index in [0.29, 0.717) is 21.6 Å². The second kappa shape index (κ2) is 7.76. The monoisotopic (exact) mass is 419 g/mol. The van der Waals surface area contributed by atoms with Gasteiger partial charge in [0.25, 0.3) is 5.56 Å². The number of hydrogen-bond donors (Lipinski definition) is 1. The van der Waals surface area contributed by atoms with Gasteiger partial charge in [-0.25, -0.2) is 14.8 Å². The number of carbonyl (C=O) groups is 1. The van der Waals surface area contributed by atoms with Gasteiger partial charge in [0.15, 0.2) is 5.65 Å². The van der Waals surface area contributed by atoms with Crippen LogP contribution in [0.25, 0.3) is 11.0 Å². The van der Waals surface area contributed by atoms with Gasteiger partial charge in [-0.05, 0) is 31.5 Å². The Kier molecular flexibility index (Phi) is 5.57. The average molecular weight is 420 g/mol. The van der Waals surface area contributed by atoms with Crippen LogP contribution in [0.3, 0.4) is 0 Å². The minimum Gasteiger partial charge on any atom is -0.325 e. The van der Waals surface area contributed by atoms with Gasteiger partial charge in [-0.15, -0.1) is 0 Å². The number of fused-ring (bicyclic) bond motifs is 1. The van der Waals surface area contributed by atoms with Crippen LogP contribution < -0.4 is 16.6 Å². The van der Waals surface area contributed by atoms with E-state index in [1.165, 1.54) is 11.6 Å². The summed E-state index contributed by atoms with van der Waals surface area (Å²) in [5, 5.41) is 3.90. The Balaban J connectivity index is 1.90. The predicted molar refractivity (Wildman–Crippen MR) is 110 cm³/mol. The van der Waals surface area contributed by atoms with E-state index in [0.717, 1.165) is 21.9 Å². The molecule has 0 atom stereocenters. The van der Waals surface area contributed by atoms with Crippen LogP contribution in [0.5, 0.6) is 0 Å². The fourth-order valence-electron chi connectivity index (χ4n) is 2.64. The molecular formula is C18H18ClN5O3S. The first-order chi connectivity index (χ1) is 13.2. The van der Waals surface area contributed by atoms with E-state index in [1.807, 2.05) is 13.0 Å². The molecule has 1 amide bonds. The van der Waals surface area contributed by atoms with E-state index < -0.39 is 11.2 Å². The molecule has 2 aromatic heterocycles. The Bertz CT molecular complexity index is 1220. The number of nitrogens with one attached hydrogen (secondary N) is 1. The number of aryl methyl sites for hydroxylation is 3. The van der Waals surface area contributed by atoms with Crippen LogP contribution in [-0.2, 0) is 18.9 Å². The van der Waals surface area contributed by atoms with E-state index in [9.17, 15) is 14.4 Å². The Morgan fingerprint density at radius 2 is 1.89 bits per heavy atom. The Morgan fingerprint density at radius 1 is 1.18 bits per heavy atom. The zero-order valence-corrected chi connectivity index (χ0v) is 17.3. The third kappa shape index (κ3) is 3.81. The minimum atomic E-state index is -0.494. The topological polar surface area (TPSA) is 98.9 Å². The summed E-state index contributed by atoms with van der Waals surface area (Å²) in [6.07, 6.45) is 0. The summed E-state index contributed by atoms with van der Waals surface area (Å²) in [5.41, 5.74) is 0.780. The first-order valence-electron chi connectivity index (χ1n) is 8.32. The molecule has 0 aliphatic carbocycles. The maximum Gasteiger partial charge on any atom is 0.332 e. The van der Waals surface area contributed by atoms with Crippen molar-refractivity contribution in [3.63, 3.8) is 0 Å². The highest BCUT2D eigenvalue weighted by Crippen LogP contribution is 2.23. The molecule has 0 spiro atoms. The molecule has 3 aromatic rings. The number of nitrogens with zero attached hydrogens (tertiary/aromatic N) is 4. The molecule has 1 aromatic carbocycles. The number of aromatic nitrogens is 4. The number of anilines is 1. The van der Waals surface area contributed by atoms with Crippen LogP contribution in [0.1, 0.15) is 11.4 Å². The lowest BCUT2D eigenvalue weighted by atomic mass is 10.2. The highest BCUT2D eigenvalue weighted by molar-refractivity contribution is 8.00. The van der Waals surface area contributed by atoms with E-state index >= 15 is 0 Å². The summed E-state index contributed by atoms with van der Waals surface area (Å²) in [6, 6.07) is 5.26. The van der Waals surface area contributed by atoms with E-state index in [1.54, 1.807) is 26.1 Å². The quantitative estimate of drug-likeness (QED) is 0.513. The maximum atomic E-state index is 12.6. The van der Waals surface area contributed by atoms with E-state index in [-0.39, 0.29) is 22.7 Å². The van der Waals surface area contributed by atoms with Gasteiger partial charge in [0.2, 0.25) is 5.91 Å². The number of amides is 1. The molecule has 3 rings (SSSR count). The Morgan fingerprint density at radius 3 is 2.57 bits per heavy atom. The molecule has 28 heavy (non-hydrogen) atoms. The number of benzene rings is 1. The van der Waals surface area contributed by atoms with Crippen molar-refractivity contribution in [1.29, 1.82) is 0 Å². The van der Waals surface area contributed by atoms with Crippen LogP contribution in [0.4, 0.5) is 5.69 Å². The average Bonchev–Trinajstić information content (AvgIpc) is 2.65. The zero-order chi connectivity index (χ0) is 20.6. The normalized spacial score (nSPS) is 11.0. The van der Waals surface area contributed by atoms with Gasteiger partial charge < -0.3 is 5.32 Å². The third-order valence-corrected chi connectivity index (χ3v) is 5.56. The van der Waals surface area contributed by atoms with Crippen LogP contribution in [-0.4, -0.2) is 30.8 Å². The second-order valence-electron chi connectivity index (χ2n) is 6.28. The highest BCUT2D eigenvalue weighted by atomic mass is 35.5. The molecule has 10 heteroatoms. The highest BCUT2D eigenvalue weighted by Gasteiger charge is 2.17. The Labute approximate surface area is 169 Å². The first kappa shape index (κ1) is 20.1. The molecule has 0 bridgehead atoms. The maximum absolute atomic E-state index is 12.6. The van der Waals surface area contributed by atoms with Crippen molar-refractivity contribution in [2.45, 2.75) is 18.9 Å². The van der Waals surface area contributed by atoms with Gasteiger partial charge in [0.1, 0.15) is 16.2 Å². The van der Waals surface area contributed by atoms with E-state index in [4.69, 9.17) is 11.6 Å². The number of rotatable bonds is 4. The number of hydrogen-bond acceptors (Lipinski definition) is 6. The fraction of sp³-hybridized carbons (Fsp3) is 0.278. The van der Waals surface area contributed by atoms with Gasteiger partial charge in [-0.1, -0.05) is 29.4 Å². The van der Waals surface area contributed by atoms with Crippen molar-refractivity contribution >= 4 is 46.0 Å². The van der Waals surface area contributed by atoms with Gasteiger partial charge in [-0.3, -0.25) is 18.7 Å². The van der Waals surface area contributed by atoms with Crippen molar-refractivity contribution in [2.24, 2.45) is 14.1 Å². The lowest BCUT2D eigenvalue weighted by Crippen LogP contribution is -2.37. The van der Waals surface area contributed by atoms with Gasteiger partial charge in [-0.2, -0.15) is 0 Å². The molecule has 1 N–H and O–H groups in total. The second-order valence-corrected chi connectivity index (χ2v) is 7.65.